The number of rotatable bonds is 2. The second kappa shape index (κ2) is 8.44. The fraction of sp³-hybridized carbons (Fsp3) is 0.0455. The fourth-order valence-corrected chi connectivity index (χ4v) is 3.13. The highest BCUT2D eigenvalue weighted by Crippen LogP contribution is 2.30. The van der Waals surface area contributed by atoms with Crippen LogP contribution in [0.15, 0.2) is 82.8 Å². The molecule has 0 radical (unpaired) electrons. The van der Waals surface area contributed by atoms with Crippen LogP contribution in [-0.4, -0.2) is 23.9 Å². The molecule has 1 aliphatic heterocycles. The Hall–Kier alpha value is -3.55. The highest BCUT2D eigenvalue weighted by molar-refractivity contribution is 6.31. The maximum atomic E-state index is 14.5. The van der Waals surface area contributed by atoms with Crippen molar-refractivity contribution in [3.8, 4) is 0 Å². The molecule has 0 aromatic heterocycles. The summed E-state index contributed by atoms with van der Waals surface area (Å²) in [7, 11) is 0. The molecule has 0 bridgehead atoms. The first-order valence-corrected chi connectivity index (χ1v) is 9.40. The summed E-state index contributed by atoms with van der Waals surface area (Å²) in [5.74, 6) is -0.598. The Bertz CT molecular complexity index is 1160. The molecule has 6 nitrogen and oxygen atoms in total. The van der Waals surface area contributed by atoms with Crippen molar-refractivity contribution >= 4 is 40.7 Å². The molecule has 0 saturated carbocycles. The highest BCUT2D eigenvalue weighted by Gasteiger charge is 2.25. The molecule has 0 fully saturated rings. The van der Waals surface area contributed by atoms with Crippen LogP contribution < -0.4 is 11.1 Å². The number of carbonyl (C=O) groups is 1. The third kappa shape index (κ3) is 4.22. The summed E-state index contributed by atoms with van der Waals surface area (Å²) in [6.45, 7) is 0. The number of anilines is 1. The van der Waals surface area contributed by atoms with Crippen LogP contribution >= 0.6 is 11.6 Å². The molecule has 3 N–H and O–H groups in total. The smallest absolute Gasteiger partial charge is 0.391 e. The molecular formula is C22H16ClFN4O2. The van der Waals surface area contributed by atoms with Gasteiger partial charge in [0.2, 0.25) is 5.90 Å². The van der Waals surface area contributed by atoms with Crippen LogP contribution in [0.1, 0.15) is 11.1 Å². The molecule has 30 heavy (non-hydrogen) atoms. The average Bonchev–Trinajstić information content (AvgIpc) is 2.86. The van der Waals surface area contributed by atoms with Gasteiger partial charge in [-0.2, -0.15) is 0 Å². The van der Waals surface area contributed by atoms with Crippen molar-refractivity contribution in [1.29, 1.82) is 0 Å². The lowest BCUT2D eigenvalue weighted by Crippen LogP contribution is -2.34. The van der Waals surface area contributed by atoms with Gasteiger partial charge in [-0.15, -0.1) is 0 Å². The van der Waals surface area contributed by atoms with Crippen molar-refractivity contribution in [2.75, 3.05) is 5.32 Å². The summed E-state index contributed by atoms with van der Waals surface area (Å²) in [6.07, 6.45) is -1.90. The lowest BCUT2D eigenvalue weighted by molar-refractivity contribution is 0.210. The van der Waals surface area contributed by atoms with E-state index in [1.165, 1.54) is 6.07 Å². The van der Waals surface area contributed by atoms with E-state index in [1.807, 2.05) is 6.07 Å². The second-order valence-corrected chi connectivity index (χ2v) is 6.83. The van der Waals surface area contributed by atoms with E-state index in [2.05, 4.69) is 15.3 Å². The van der Waals surface area contributed by atoms with Crippen molar-refractivity contribution < 1.29 is 13.9 Å². The quantitative estimate of drug-likeness (QED) is 0.616. The lowest BCUT2D eigenvalue weighted by atomic mass is 10.00. The van der Waals surface area contributed by atoms with E-state index in [9.17, 15) is 9.18 Å². The summed E-state index contributed by atoms with van der Waals surface area (Å²) in [4.78, 5) is 21.1. The van der Waals surface area contributed by atoms with Crippen molar-refractivity contribution in [2.45, 2.75) is 6.17 Å². The van der Waals surface area contributed by atoms with Crippen LogP contribution in [0.3, 0.4) is 0 Å². The minimum absolute atomic E-state index is 0.127. The minimum atomic E-state index is -1.13. The monoisotopic (exact) mass is 422 g/mol. The zero-order valence-corrected chi connectivity index (χ0v) is 16.3. The van der Waals surface area contributed by atoms with Crippen LogP contribution in [0.2, 0.25) is 5.02 Å². The van der Waals surface area contributed by atoms with E-state index in [4.69, 9.17) is 22.1 Å². The molecule has 1 aliphatic rings. The van der Waals surface area contributed by atoms with Gasteiger partial charge in [0.15, 0.2) is 6.17 Å². The Morgan fingerprint density at radius 3 is 2.53 bits per heavy atom. The molecule has 4 rings (SSSR count). The largest absolute Gasteiger partial charge is 0.418 e. The maximum absolute atomic E-state index is 14.5. The second-order valence-electron chi connectivity index (χ2n) is 6.39. The summed E-state index contributed by atoms with van der Waals surface area (Å²) in [5, 5.41) is 3.01. The summed E-state index contributed by atoms with van der Waals surface area (Å²) < 4.78 is 19.8. The lowest BCUT2D eigenvalue weighted by Gasteiger charge is -2.12. The number of aliphatic imine (C=N–C) groups is 2. The van der Waals surface area contributed by atoms with Gasteiger partial charge in [-0.05, 0) is 42.5 Å². The minimum Gasteiger partial charge on any atom is -0.391 e. The predicted octanol–water partition coefficient (Wildman–Crippen LogP) is 4.89. The fourth-order valence-electron chi connectivity index (χ4n) is 2.96. The molecule has 1 atom stereocenters. The van der Waals surface area contributed by atoms with Gasteiger partial charge < -0.3 is 10.5 Å². The van der Waals surface area contributed by atoms with E-state index in [1.54, 1.807) is 60.7 Å². The first-order valence-electron chi connectivity index (χ1n) is 9.02. The Morgan fingerprint density at radius 2 is 1.77 bits per heavy atom. The Morgan fingerprint density at radius 1 is 1.03 bits per heavy atom. The molecule has 0 spiro atoms. The van der Waals surface area contributed by atoms with Gasteiger partial charge in [0, 0.05) is 21.8 Å². The number of hydrogen-bond donors (Lipinski definition) is 2. The molecule has 8 heteroatoms. The van der Waals surface area contributed by atoms with Crippen LogP contribution in [0.5, 0.6) is 0 Å². The molecule has 0 aliphatic carbocycles. The van der Waals surface area contributed by atoms with Crippen molar-refractivity contribution in [2.24, 2.45) is 15.7 Å². The summed E-state index contributed by atoms with van der Waals surface area (Å²) in [6, 6.07) is 19.8. The summed E-state index contributed by atoms with van der Waals surface area (Å²) in [5.41, 5.74) is 8.07. The maximum Gasteiger partial charge on any atom is 0.418 e. The molecular weight excluding hydrogens is 407 g/mol. The predicted molar refractivity (Wildman–Crippen MR) is 115 cm³/mol. The van der Waals surface area contributed by atoms with Crippen molar-refractivity contribution in [3.63, 3.8) is 0 Å². The number of nitrogens with one attached hydrogen (secondary N) is 1. The van der Waals surface area contributed by atoms with Gasteiger partial charge in [-0.1, -0.05) is 41.9 Å². The van der Waals surface area contributed by atoms with Crippen LogP contribution in [-0.2, 0) is 4.74 Å². The Kier molecular flexibility index (Phi) is 5.56. The third-order valence-corrected chi connectivity index (χ3v) is 4.55. The van der Waals surface area contributed by atoms with Gasteiger partial charge >= 0.3 is 6.09 Å². The molecule has 3 aromatic rings. The van der Waals surface area contributed by atoms with E-state index in [0.29, 0.717) is 22.0 Å². The molecule has 0 saturated heterocycles. The number of benzene rings is 3. The first kappa shape index (κ1) is 19.8. The molecule has 1 unspecified atom stereocenters. The third-order valence-electron chi connectivity index (χ3n) is 4.31. The highest BCUT2D eigenvalue weighted by atomic mass is 35.5. The molecule has 1 amide bonds. The van der Waals surface area contributed by atoms with E-state index in [-0.39, 0.29) is 17.2 Å². The Labute approximate surface area is 176 Å². The number of hydrogen-bond acceptors (Lipinski definition) is 5. The molecule has 150 valence electrons. The topological polar surface area (TPSA) is 89.1 Å². The zero-order chi connectivity index (χ0) is 21.1. The van der Waals surface area contributed by atoms with Crippen molar-refractivity contribution in [3.05, 3.63) is 94.8 Å². The van der Waals surface area contributed by atoms with Gasteiger partial charge in [0.1, 0.15) is 5.82 Å². The molecule has 1 heterocycles. The number of carbonyl (C=O) groups excluding carboxylic acids is 1. The van der Waals surface area contributed by atoms with Crippen LogP contribution in [0.4, 0.5) is 20.6 Å². The number of ether oxygens (including phenoxy) is 1. The SMILES string of the molecule is NC1N=C(c2ccccc2F)c2cc(Cl)ccc2N=C1OC(=O)Nc1ccccc1. The van der Waals surface area contributed by atoms with Gasteiger partial charge in [0.25, 0.3) is 0 Å². The van der Waals surface area contributed by atoms with E-state index in [0.717, 1.165) is 0 Å². The van der Waals surface area contributed by atoms with Crippen LogP contribution in [0, 0.1) is 5.82 Å². The molecule has 3 aromatic carbocycles. The number of amides is 1. The normalized spacial score (nSPS) is 15.4. The van der Waals surface area contributed by atoms with E-state index < -0.39 is 18.1 Å². The summed E-state index contributed by atoms with van der Waals surface area (Å²) >= 11 is 6.15. The number of nitrogens with zero attached hydrogens (tertiary/aromatic N) is 2. The zero-order valence-electron chi connectivity index (χ0n) is 15.5. The van der Waals surface area contributed by atoms with Crippen molar-refractivity contribution in [1.82, 2.24) is 0 Å². The Balaban J connectivity index is 1.71. The van der Waals surface area contributed by atoms with E-state index >= 15 is 0 Å². The first-order chi connectivity index (χ1) is 14.5. The van der Waals surface area contributed by atoms with Gasteiger partial charge in [-0.3, -0.25) is 10.3 Å². The average molecular weight is 423 g/mol. The number of para-hydroxylation sites is 1. The van der Waals surface area contributed by atoms with Crippen LogP contribution in [0.25, 0.3) is 0 Å². The van der Waals surface area contributed by atoms with Gasteiger partial charge in [0.05, 0.1) is 11.4 Å². The van der Waals surface area contributed by atoms with Gasteiger partial charge in [-0.25, -0.2) is 14.2 Å². The number of halogens is 2. The number of fused-ring (bicyclic) bond motifs is 1. The number of nitrogens with two attached hydrogens (primary N) is 1. The standard InChI is InChI=1S/C22H16ClFN4O2/c23-13-10-11-18-16(12-13)19(15-8-4-5-9-17(15)24)28-20(25)21(27-18)30-22(29)26-14-6-2-1-3-7-14/h1-12,20H,25H2,(H,26,29).